The first kappa shape index (κ1) is 17.2. The van der Waals surface area contributed by atoms with Gasteiger partial charge in [-0.3, -0.25) is 15.0 Å². The Labute approximate surface area is 135 Å². The normalized spacial score (nSPS) is 14.4. The Morgan fingerprint density at radius 3 is 2.33 bits per heavy atom. The van der Waals surface area contributed by atoms with Gasteiger partial charge in [0, 0.05) is 17.3 Å². The van der Waals surface area contributed by atoms with Gasteiger partial charge in [0.2, 0.25) is 0 Å². The Bertz CT molecular complexity index is 563. The maximum absolute atomic E-state index is 11.6. The van der Waals surface area contributed by atoms with E-state index in [9.17, 15) is 9.59 Å². The number of rotatable bonds is 3. The minimum absolute atomic E-state index is 0.0982. The SMILES string of the molecule is O=C1C=CC=C/C1=C\NNC(=O)c1ccccc1.[CH3][Sn][CH3]. The van der Waals surface area contributed by atoms with Crippen LogP contribution in [0.2, 0.25) is 9.88 Å². The van der Waals surface area contributed by atoms with Crippen molar-refractivity contribution in [1.29, 1.82) is 0 Å². The fourth-order valence-electron chi connectivity index (χ4n) is 1.44. The number of hydrogen-bond donors (Lipinski definition) is 2. The molecule has 21 heavy (non-hydrogen) atoms. The molecule has 0 saturated carbocycles. The summed E-state index contributed by atoms with van der Waals surface area (Å²) >= 11 is 0.230. The minimum atomic E-state index is -0.254. The van der Waals surface area contributed by atoms with E-state index in [-0.39, 0.29) is 32.8 Å². The Balaban J connectivity index is 0.000000677. The average molecular weight is 389 g/mol. The van der Waals surface area contributed by atoms with Crippen LogP contribution in [-0.4, -0.2) is 32.8 Å². The van der Waals surface area contributed by atoms with Crippen molar-refractivity contribution < 1.29 is 9.59 Å². The van der Waals surface area contributed by atoms with Crippen LogP contribution in [0.15, 0.2) is 66.4 Å². The van der Waals surface area contributed by atoms with Gasteiger partial charge in [0.1, 0.15) is 0 Å². The second-order valence-corrected chi connectivity index (χ2v) is 7.00. The molecule has 1 aliphatic rings. The van der Waals surface area contributed by atoms with Crippen LogP contribution in [-0.2, 0) is 4.79 Å². The molecule has 0 spiro atoms. The van der Waals surface area contributed by atoms with Crippen molar-refractivity contribution in [3.8, 4) is 0 Å². The molecule has 0 aliphatic heterocycles. The van der Waals surface area contributed by atoms with Gasteiger partial charge in [0.25, 0.3) is 5.91 Å². The fraction of sp³-hybridized carbons (Fsp3) is 0.125. The predicted molar refractivity (Wildman–Crippen MR) is 85.9 cm³/mol. The van der Waals surface area contributed by atoms with E-state index in [2.05, 4.69) is 20.7 Å². The standard InChI is InChI=1S/C14H12N2O2.2CH3.Sn/c17-13-9-5-4-8-12(13)10-15-16-14(18)11-6-2-1-3-7-11;;;/h1-10,15H,(H,16,18);2*1H3;/b12-10+;;;. The van der Waals surface area contributed by atoms with Gasteiger partial charge in [-0.05, 0) is 24.3 Å². The number of hydrazine groups is 1. The van der Waals surface area contributed by atoms with E-state index in [4.69, 9.17) is 0 Å². The van der Waals surface area contributed by atoms with Crippen LogP contribution in [0.5, 0.6) is 0 Å². The molecule has 1 amide bonds. The van der Waals surface area contributed by atoms with E-state index in [1.54, 1.807) is 42.5 Å². The van der Waals surface area contributed by atoms with Gasteiger partial charge in [0.15, 0.2) is 5.78 Å². The van der Waals surface area contributed by atoms with Crippen molar-refractivity contribution in [2.24, 2.45) is 0 Å². The van der Waals surface area contributed by atoms with E-state index in [0.717, 1.165) is 0 Å². The van der Waals surface area contributed by atoms with Gasteiger partial charge in [-0.1, -0.05) is 30.4 Å². The van der Waals surface area contributed by atoms with Gasteiger partial charge in [-0.15, -0.1) is 0 Å². The summed E-state index contributed by atoms with van der Waals surface area (Å²) in [4.78, 5) is 27.6. The van der Waals surface area contributed by atoms with Crippen molar-refractivity contribution in [1.82, 2.24) is 10.9 Å². The number of allylic oxidation sites excluding steroid dienone is 5. The number of nitrogens with one attached hydrogen (secondary N) is 2. The zero-order valence-electron chi connectivity index (χ0n) is 12.1. The molecule has 0 fully saturated rings. The molecule has 2 rings (SSSR count). The monoisotopic (exact) mass is 390 g/mol. The van der Waals surface area contributed by atoms with Crippen molar-refractivity contribution in [2.45, 2.75) is 9.88 Å². The van der Waals surface area contributed by atoms with Crippen LogP contribution in [0.3, 0.4) is 0 Å². The molecule has 0 heterocycles. The maximum atomic E-state index is 11.6. The molecule has 0 unspecified atom stereocenters. The van der Waals surface area contributed by atoms with E-state index < -0.39 is 0 Å². The van der Waals surface area contributed by atoms with E-state index >= 15 is 0 Å². The summed E-state index contributed by atoms with van der Waals surface area (Å²) in [5.74, 6) is -0.353. The average Bonchev–Trinajstić information content (AvgIpc) is 2.51. The Kier molecular flexibility index (Phi) is 8.19. The molecular formula is C16H18N2O2Sn. The molecule has 0 saturated heterocycles. The zero-order valence-corrected chi connectivity index (χ0v) is 14.9. The molecule has 1 aromatic rings. The molecule has 0 aromatic heterocycles. The van der Waals surface area contributed by atoms with Crippen LogP contribution in [0.1, 0.15) is 10.4 Å². The van der Waals surface area contributed by atoms with E-state index in [1.807, 2.05) is 6.07 Å². The van der Waals surface area contributed by atoms with Crippen molar-refractivity contribution in [2.75, 3.05) is 0 Å². The van der Waals surface area contributed by atoms with E-state index in [1.165, 1.54) is 12.3 Å². The quantitative estimate of drug-likeness (QED) is 0.474. The third kappa shape index (κ3) is 6.44. The molecular weight excluding hydrogens is 371 g/mol. The summed E-state index contributed by atoms with van der Waals surface area (Å²) in [6.45, 7) is 0. The molecule has 5 heteroatoms. The molecule has 0 bridgehead atoms. The van der Waals surface area contributed by atoms with Crippen LogP contribution >= 0.6 is 0 Å². The zero-order chi connectivity index (χ0) is 15.5. The van der Waals surface area contributed by atoms with Gasteiger partial charge < -0.3 is 5.43 Å². The van der Waals surface area contributed by atoms with Crippen molar-refractivity contribution >= 4 is 32.8 Å². The summed E-state index contributed by atoms with van der Waals surface area (Å²) < 4.78 is 0. The number of amides is 1. The first-order valence-corrected chi connectivity index (χ1v) is 12.2. The topological polar surface area (TPSA) is 58.2 Å². The van der Waals surface area contributed by atoms with Crippen LogP contribution in [0, 0.1) is 0 Å². The summed E-state index contributed by atoms with van der Waals surface area (Å²) in [5, 5.41) is 0. The van der Waals surface area contributed by atoms with E-state index in [0.29, 0.717) is 11.1 Å². The summed E-state index contributed by atoms with van der Waals surface area (Å²) in [7, 11) is 0. The van der Waals surface area contributed by atoms with Gasteiger partial charge in [-0.2, -0.15) is 0 Å². The summed E-state index contributed by atoms with van der Waals surface area (Å²) in [6, 6.07) is 8.82. The molecule has 2 N–H and O–H groups in total. The molecule has 1 aliphatic carbocycles. The first-order valence-electron chi connectivity index (χ1n) is 6.47. The van der Waals surface area contributed by atoms with Crippen molar-refractivity contribution in [3.05, 3.63) is 72.0 Å². The third-order valence-corrected chi connectivity index (χ3v) is 2.37. The number of carbonyl (C=O) groups is 2. The molecule has 2 radical (unpaired) electrons. The molecule has 1 aromatic carbocycles. The molecule has 108 valence electrons. The third-order valence-electron chi connectivity index (χ3n) is 2.37. The summed E-state index contributed by atoms with van der Waals surface area (Å²) in [5.41, 5.74) is 6.15. The number of hydrogen-bond acceptors (Lipinski definition) is 3. The van der Waals surface area contributed by atoms with Crippen LogP contribution in [0.4, 0.5) is 0 Å². The van der Waals surface area contributed by atoms with Crippen LogP contribution < -0.4 is 10.9 Å². The molecule has 4 nitrogen and oxygen atoms in total. The number of ketones is 1. The first-order chi connectivity index (χ1) is 10.2. The van der Waals surface area contributed by atoms with Gasteiger partial charge >= 0.3 is 31.0 Å². The van der Waals surface area contributed by atoms with Gasteiger partial charge in [0.05, 0.1) is 0 Å². The van der Waals surface area contributed by atoms with Crippen molar-refractivity contribution in [3.63, 3.8) is 0 Å². The van der Waals surface area contributed by atoms with Crippen LogP contribution in [0.25, 0.3) is 0 Å². The van der Waals surface area contributed by atoms with Gasteiger partial charge in [-0.25, -0.2) is 0 Å². The summed E-state index contributed by atoms with van der Waals surface area (Å²) in [6.07, 6.45) is 8.02. The Hall–Kier alpha value is -1.82. The fourth-order valence-corrected chi connectivity index (χ4v) is 1.44. The number of carbonyl (C=O) groups excluding carboxylic acids is 2. The number of benzene rings is 1. The Morgan fingerprint density at radius 1 is 1.10 bits per heavy atom. The predicted octanol–water partition coefficient (Wildman–Crippen LogP) is 2.29. The second-order valence-electron chi connectivity index (χ2n) is 4.15. The Morgan fingerprint density at radius 2 is 1.71 bits per heavy atom. The second kappa shape index (κ2) is 9.99. The molecule has 0 atom stereocenters.